The summed E-state index contributed by atoms with van der Waals surface area (Å²) in [5, 5.41) is 3.17. The fourth-order valence-electron chi connectivity index (χ4n) is 3.29. The highest BCUT2D eigenvalue weighted by Gasteiger charge is 2.31. The fraction of sp³-hybridized carbons (Fsp3) is 0.318. The van der Waals surface area contributed by atoms with Crippen molar-refractivity contribution in [3.63, 3.8) is 0 Å². The Kier molecular flexibility index (Phi) is 7.68. The number of aromatic nitrogens is 2. The molecule has 0 bridgehead atoms. The lowest BCUT2D eigenvalue weighted by molar-refractivity contribution is -0.274. The highest BCUT2D eigenvalue weighted by Crippen LogP contribution is 2.26. The Labute approximate surface area is 187 Å². The van der Waals surface area contributed by atoms with Gasteiger partial charge in [-0.15, -0.1) is 13.2 Å². The second kappa shape index (κ2) is 10.4. The highest BCUT2D eigenvalue weighted by atomic mass is 32.1. The van der Waals surface area contributed by atoms with Gasteiger partial charge in [-0.05, 0) is 43.3 Å². The Bertz CT molecular complexity index is 1200. The molecule has 0 atom stereocenters. The van der Waals surface area contributed by atoms with Crippen LogP contribution in [0.3, 0.4) is 0 Å². The summed E-state index contributed by atoms with van der Waals surface area (Å²) in [5.41, 5.74) is 0.780. The van der Waals surface area contributed by atoms with Gasteiger partial charge in [0.05, 0.1) is 10.9 Å². The minimum absolute atomic E-state index is 0.0628. The Balaban J connectivity index is 1.45. The predicted octanol–water partition coefficient (Wildman–Crippen LogP) is 4.83. The summed E-state index contributed by atoms with van der Waals surface area (Å²) in [5.74, 6) is -0.607. The molecular weight excluding hydrogens is 443 g/mol. The van der Waals surface area contributed by atoms with E-state index in [2.05, 4.69) is 15.0 Å². The lowest BCUT2D eigenvalue weighted by Gasteiger charge is -2.13. The number of carbonyl (C=O) groups is 1. The molecule has 170 valence electrons. The Hall–Kier alpha value is -3.14. The summed E-state index contributed by atoms with van der Waals surface area (Å²) >= 11 is 5.27. The number of H-pyrrole nitrogens is 1. The van der Waals surface area contributed by atoms with Gasteiger partial charge in [-0.3, -0.25) is 14.2 Å². The molecule has 3 aromatic rings. The maximum atomic E-state index is 12.6. The highest BCUT2D eigenvalue weighted by molar-refractivity contribution is 7.71. The number of nitrogens with one attached hydrogen (secondary N) is 2. The first-order valence-electron chi connectivity index (χ1n) is 10.1. The van der Waals surface area contributed by atoms with Crippen LogP contribution >= 0.6 is 12.2 Å². The van der Waals surface area contributed by atoms with E-state index in [1.54, 1.807) is 24.3 Å². The van der Waals surface area contributed by atoms with Gasteiger partial charge >= 0.3 is 6.36 Å². The van der Waals surface area contributed by atoms with E-state index in [9.17, 15) is 22.8 Å². The summed E-state index contributed by atoms with van der Waals surface area (Å²) in [7, 11) is 0. The Morgan fingerprint density at radius 3 is 2.56 bits per heavy atom. The maximum Gasteiger partial charge on any atom is 0.573 e. The second-order valence-electron chi connectivity index (χ2n) is 7.18. The third-order valence-electron chi connectivity index (χ3n) is 4.85. The summed E-state index contributed by atoms with van der Waals surface area (Å²) in [6, 6.07) is 12.8. The van der Waals surface area contributed by atoms with Crippen LogP contribution in [-0.4, -0.2) is 21.8 Å². The average molecular weight is 465 g/mol. The van der Waals surface area contributed by atoms with Crippen LogP contribution in [0.4, 0.5) is 13.2 Å². The number of hydrogen-bond acceptors (Lipinski definition) is 4. The molecule has 0 fully saturated rings. The first-order valence-corrected chi connectivity index (χ1v) is 10.5. The van der Waals surface area contributed by atoms with Gasteiger partial charge in [0.15, 0.2) is 4.77 Å². The number of benzene rings is 2. The van der Waals surface area contributed by atoms with E-state index in [1.165, 1.54) is 22.8 Å². The number of hydrogen-bond donors (Lipinski definition) is 2. The van der Waals surface area contributed by atoms with Crippen molar-refractivity contribution in [2.75, 3.05) is 0 Å². The third kappa shape index (κ3) is 6.43. The second-order valence-corrected chi connectivity index (χ2v) is 7.56. The number of para-hydroxylation sites is 2. The molecule has 0 saturated carbocycles. The van der Waals surface area contributed by atoms with Crippen molar-refractivity contribution in [2.24, 2.45) is 0 Å². The van der Waals surface area contributed by atoms with Crippen LogP contribution in [-0.2, 0) is 17.9 Å². The van der Waals surface area contributed by atoms with E-state index in [4.69, 9.17) is 12.2 Å². The third-order valence-corrected chi connectivity index (χ3v) is 5.17. The number of rotatable bonds is 9. The average Bonchev–Trinajstić information content (AvgIpc) is 2.74. The van der Waals surface area contributed by atoms with Crippen LogP contribution in [0.5, 0.6) is 5.75 Å². The molecule has 1 heterocycles. The molecule has 0 saturated heterocycles. The molecule has 3 rings (SSSR count). The van der Waals surface area contributed by atoms with E-state index >= 15 is 0 Å². The van der Waals surface area contributed by atoms with Crippen LogP contribution in [0.25, 0.3) is 10.9 Å². The number of alkyl halides is 3. The minimum atomic E-state index is -4.80. The van der Waals surface area contributed by atoms with Crippen molar-refractivity contribution in [3.05, 3.63) is 69.2 Å². The smallest absolute Gasteiger partial charge is 0.405 e. The summed E-state index contributed by atoms with van der Waals surface area (Å²) < 4.78 is 43.2. The van der Waals surface area contributed by atoms with Crippen LogP contribution in [0.15, 0.2) is 53.3 Å². The number of nitrogens with zero attached hydrogens (tertiary/aromatic N) is 1. The summed E-state index contributed by atoms with van der Waals surface area (Å²) in [6.07, 6.45) is -2.65. The standard InChI is InChI=1S/C22H22F3N3O3S/c23-22(24,25)31-18-11-6-3-8-15(18)14-26-19(29)12-2-1-7-13-28-20(30)16-9-4-5-10-17(16)27-21(28)32/h3-6,8-11H,1-2,7,12-14H2,(H,26,29)(H,27,32). The molecule has 32 heavy (non-hydrogen) atoms. The summed E-state index contributed by atoms with van der Waals surface area (Å²) in [4.78, 5) is 27.7. The van der Waals surface area contributed by atoms with Crippen LogP contribution in [0, 0.1) is 4.77 Å². The molecule has 0 aliphatic carbocycles. The van der Waals surface area contributed by atoms with Crippen molar-refractivity contribution in [2.45, 2.75) is 45.1 Å². The van der Waals surface area contributed by atoms with Gasteiger partial charge in [-0.1, -0.05) is 36.8 Å². The number of amides is 1. The molecule has 2 aromatic carbocycles. The normalized spacial score (nSPS) is 11.5. The molecule has 0 aliphatic heterocycles. The van der Waals surface area contributed by atoms with E-state index in [0.29, 0.717) is 41.5 Å². The van der Waals surface area contributed by atoms with Gasteiger partial charge in [0.2, 0.25) is 5.91 Å². The molecule has 10 heteroatoms. The zero-order valence-electron chi connectivity index (χ0n) is 17.1. The molecular formula is C22H22F3N3O3S. The molecule has 0 unspecified atom stereocenters. The Morgan fingerprint density at radius 1 is 1.06 bits per heavy atom. The van der Waals surface area contributed by atoms with Crippen LogP contribution in [0.1, 0.15) is 31.2 Å². The number of ether oxygens (including phenoxy) is 1. The van der Waals surface area contributed by atoms with E-state index < -0.39 is 6.36 Å². The van der Waals surface area contributed by atoms with E-state index in [-0.39, 0.29) is 35.7 Å². The van der Waals surface area contributed by atoms with Crippen molar-refractivity contribution in [1.82, 2.24) is 14.9 Å². The van der Waals surface area contributed by atoms with Crippen molar-refractivity contribution >= 4 is 29.0 Å². The number of carbonyl (C=O) groups excluding carboxylic acids is 1. The maximum absolute atomic E-state index is 12.6. The lowest BCUT2D eigenvalue weighted by atomic mass is 10.1. The molecule has 0 aliphatic rings. The van der Waals surface area contributed by atoms with E-state index in [1.807, 2.05) is 6.07 Å². The molecule has 0 radical (unpaired) electrons. The van der Waals surface area contributed by atoms with Gasteiger partial charge in [-0.25, -0.2) is 0 Å². The van der Waals surface area contributed by atoms with Crippen molar-refractivity contribution in [3.8, 4) is 5.75 Å². The first-order chi connectivity index (χ1) is 15.2. The molecule has 0 spiro atoms. The van der Waals surface area contributed by atoms with Crippen molar-refractivity contribution in [1.29, 1.82) is 0 Å². The predicted molar refractivity (Wildman–Crippen MR) is 117 cm³/mol. The first kappa shape index (κ1) is 23.5. The van der Waals surface area contributed by atoms with Gasteiger partial charge in [0.25, 0.3) is 5.56 Å². The van der Waals surface area contributed by atoms with Gasteiger partial charge < -0.3 is 15.0 Å². The van der Waals surface area contributed by atoms with E-state index in [0.717, 1.165) is 0 Å². The molecule has 2 N–H and O–H groups in total. The number of halogens is 3. The zero-order chi connectivity index (χ0) is 23.1. The fourth-order valence-corrected chi connectivity index (χ4v) is 3.57. The number of aromatic amines is 1. The van der Waals surface area contributed by atoms with Crippen molar-refractivity contribution < 1.29 is 22.7 Å². The molecule has 1 aromatic heterocycles. The van der Waals surface area contributed by atoms with Gasteiger partial charge in [-0.2, -0.15) is 0 Å². The lowest BCUT2D eigenvalue weighted by Crippen LogP contribution is -2.24. The molecule has 6 nitrogen and oxygen atoms in total. The van der Waals surface area contributed by atoms with Gasteiger partial charge in [0.1, 0.15) is 5.75 Å². The number of unbranched alkanes of at least 4 members (excludes halogenated alkanes) is 2. The monoisotopic (exact) mass is 465 g/mol. The number of fused-ring (bicyclic) bond motifs is 1. The van der Waals surface area contributed by atoms with Gasteiger partial charge in [0, 0.05) is 25.1 Å². The zero-order valence-corrected chi connectivity index (χ0v) is 17.9. The largest absolute Gasteiger partial charge is 0.573 e. The minimum Gasteiger partial charge on any atom is -0.405 e. The van der Waals surface area contributed by atoms with Crippen LogP contribution < -0.4 is 15.6 Å². The quantitative estimate of drug-likeness (QED) is 0.351. The SMILES string of the molecule is O=C(CCCCCn1c(=S)[nH]c2ccccc2c1=O)NCc1ccccc1OC(F)(F)F. The Morgan fingerprint density at radius 2 is 1.78 bits per heavy atom. The summed E-state index contributed by atoms with van der Waals surface area (Å²) in [6.45, 7) is 0.371. The topological polar surface area (TPSA) is 76.1 Å². The van der Waals surface area contributed by atoms with Crippen LogP contribution in [0.2, 0.25) is 0 Å². The molecule has 1 amide bonds.